The smallest absolute Gasteiger partial charge is 0.250 e. The molecule has 2 aliphatic heterocycles. The number of hydrogen-bond acceptors (Lipinski definition) is 7. The molecule has 4 aliphatic rings. The van der Waals surface area contributed by atoms with Crippen LogP contribution in [0.3, 0.4) is 0 Å². The van der Waals surface area contributed by atoms with Gasteiger partial charge in [0, 0.05) is 42.3 Å². The summed E-state index contributed by atoms with van der Waals surface area (Å²) in [5, 5.41) is 6.07. The molecule has 2 aliphatic carbocycles. The largest absolute Gasteiger partial charge is 0.340 e. The predicted molar refractivity (Wildman–Crippen MR) is 240 cm³/mol. The summed E-state index contributed by atoms with van der Waals surface area (Å²) >= 11 is 1.60. The standard InChI is InChI=1S/C51H50N6O4S/c58-45(37-23-24-37)29-40(34-9-3-1-4-10-34)50(60)57-28-8-14-44(57)49-54-42(31-62-49)36-21-17-33(18-22-36)32-15-19-35(20-16-32)41-30-52-47(53-41)43-13-7-27-56(43)51(61)46(38-11-5-2-6-12-38)55-48(59)39-25-26-39/h1-6,9-12,15-22,30-31,37,39-40,43-44,46H,7-8,13-14,23-29H2,(H,52,53)(H,55,59)/t40-,43+,44+,46-/m1/s1. The highest BCUT2D eigenvalue weighted by Gasteiger charge is 2.41. The molecule has 62 heavy (non-hydrogen) atoms. The third-order valence-electron chi connectivity index (χ3n) is 13.1. The van der Waals surface area contributed by atoms with E-state index in [2.05, 4.69) is 64.2 Å². The molecule has 0 unspecified atom stereocenters. The number of imidazole rings is 1. The summed E-state index contributed by atoms with van der Waals surface area (Å²) in [5.74, 6) is 0.497. The van der Waals surface area contributed by atoms with Crippen LogP contribution in [-0.2, 0) is 19.2 Å². The van der Waals surface area contributed by atoms with Crippen LogP contribution in [0.2, 0.25) is 0 Å². The lowest BCUT2D eigenvalue weighted by Gasteiger charge is -2.28. The van der Waals surface area contributed by atoms with Gasteiger partial charge in [0.1, 0.15) is 22.7 Å². The van der Waals surface area contributed by atoms with Gasteiger partial charge in [-0.15, -0.1) is 11.3 Å². The number of aromatic nitrogens is 3. The number of Topliss-reactive ketones (excluding diaryl/α,β-unsaturated/α-hetero) is 1. The highest BCUT2D eigenvalue weighted by molar-refractivity contribution is 7.10. The van der Waals surface area contributed by atoms with Crippen LogP contribution >= 0.6 is 11.3 Å². The number of rotatable bonds is 14. The Labute approximate surface area is 365 Å². The second-order valence-corrected chi connectivity index (χ2v) is 18.2. The molecule has 3 amide bonds. The molecule has 4 aromatic carbocycles. The van der Waals surface area contributed by atoms with Crippen LogP contribution in [-0.4, -0.2) is 61.3 Å². The molecule has 4 fully saturated rings. The molecule has 314 valence electrons. The van der Waals surface area contributed by atoms with Crippen molar-refractivity contribution in [2.24, 2.45) is 11.8 Å². The van der Waals surface area contributed by atoms with Crippen molar-refractivity contribution in [1.82, 2.24) is 30.1 Å². The number of nitrogens with zero attached hydrogens (tertiary/aromatic N) is 4. The molecule has 0 spiro atoms. The molecule has 6 aromatic rings. The van der Waals surface area contributed by atoms with E-state index in [0.29, 0.717) is 13.1 Å². The summed E-state index contributed by atoms with van der Waals surface area (Å²) in [4.78, 5) is 71.3. The van der Waals surface area contributed by atoms with E-state index in [4.69, 9.17) is 9.97 Å². The molecule has 2 saturated carbocycles. The summed E-state index contributed by atoms with van der Waals surface area (Å²) in [5.41, 5.74) is 7.66. The molecule has 0 bridgehead atoms. The number of amides is 3. The normalized spacial score (nSPS) is 19.6. The fourth-order valence-electron chi connectivity index (χ4n) is 9.21. The van der Waals surface area contributed by atoms with Gasteiger partial charge in [-0.25, -0.2) is 9.97 Å². The number of thiazole rings is 1. The van der Waals surface area contributed by atoms with Gasteiger partial charge < -0.3 is 20.1 Å². The topological polar surface area (TPSA) is 128 Å². The number of H-pyrrole nitrogens is 1. The fourth-order valence-corrected chi connectivity index (χ4v) is 10.2. The predicted octanol–water partition coefficient (Wildman–Crippen LogP) is 9.61. The fraction of sp³-hybridized carbons (Fsp3) is 0.333. The van der Waals surface area contributed by atoms with Crippen LogP contribution < -0.4 is 5.32 Å². The maximum absolute atomic E-state index is 14.2. The molecular formula is C51H50N6O4S. The first-order valence-corrected chi connectivity index (χ1v) is 23.0. The van der Waals surface area contributed by atoms with Crippen molar-refractivity contribution in [2.75, 3.05) is 13.1 Å². The lowest BCUT2D eigenvalue weighted by Crippen LogP contribution is -2.43. The van der Waals surface area contributed by atoms with Crippen LogP contribution in [0.25, 0.3) is 33.6 Å². The molecule has 4 heterocycles. The van der Waals surface area contributed by atoms with Gasteiger partial charge in [0.25, 0.3) is 0 Å². The van der Waals surface area contributed by atoms with Gasteiger partial charge in [-0.2, -0.15) is 0 Å². The first kappa shape index (κ1) is 39.9. The Morgan fingerprint density at radius 2 is 1.24 bits per heavy atom. The van der Waals surface area contributed by atoms with Crippen molar-refractivity contribution in [3.8, 4) is 33.6 Å². The second kappa shape index (κ2) is 17.3. The zero-order chi connectivity index (χ0) is 42.2. The first-order valence-electron chi connectivity index (χ1n) is 22.1. The van der Waals surface area contributed by atoms with Gasteiger partial charge in [-0.3, -0.25) is 19.2 Å². The van der Waals surface area contributed by atoms with Gasteiger partial charge in [0.05, 0.1) is 35.6 Å². The minimum Gasteiger partial charge on any atom is -0.340 e. The van der Waals surface area contributed by atoms with E-state index < -0.39 is 12.0 Å². The average Bonchev–Trinajstić information content (AvgIpc) is 4.07. The Balaban J connectivity index is 0.797. The van der Waals surface area contributed by atoms with E-state index in [1.807, 2.05) is 76.7 Å². The highest BCUT2D eigenvalue weighted by atomic mass is 32.1. The lowest BCUT2D eigenvalue weighted by molar-refractivity contribution is -0.138. The van der Waals surface area contributed by atoms with E-state index in [-0.39, 0.29) is 53.8 Å². The maximum Gasteiger partial charge on any atom is 0.250 e. The maximum atomic E-state index is 14.2. The number of hydrogen-bond donors (Lipinski definition) is 2. The second-order valence-electron chi connectivity index (χ2n) is 17.3. The van der Waals surface area contributed by atoms with Gasteiger partial charge in [0.15, 0.2) is 0 Å². The van der Waals surface area contributed by atoms with Gasteiger partial charge in [0.2, 0.25) is 17.7 Å². The Kier molecular flexibility index (Phi) is 11.1. The van der Waals surface area contributed by atoms with E-state index >= 15 is 0 Å². The van der Waals surface area contributed by atoms with Crippen LogP contribution in [0.4, 0.5) is 0 Å². The van der Waals surface area contributed by atoms with Crippen LogP contribution in [0, 0.1) is 11.8 Å². The lowest BCUT2D eigenvalue weighted by atomic mass is 9.91. The van der Waals surface area contributed by atoms with E-state index in [0.717, 1.165) is 107 Å². The summed E-state index contributed by atoms with van der Waals surface area (Å²) in [6.07, 6.45) is 9.17. The zero-order valence-corrected chi connectivity index (χ0v) is 35.4. The van der Waals surface area contributed by atoms with Gasteiger partial charge >= 0.3 is 0 Å². The third-order valence-corrected chi connectivity index (χ3v) is 14.0. The zero-order valence-electron chi connectivity index (χ0n) is 34.6. The van der Waals surface area contributed by atoms with Crippen molar-refractivity contribution < 1.29 is 19.2 Å². The molecule has 2 N–H and O–H groups in total. The van der Waals surface area contributed by atoms with Crippen LogP contribution in [0.5, 0.6) is 0 Å². The van der Waals surface area contributed by atoms with Crippen molar-refractivity contribution in [2.45, 2.75) is 81.8 Å². The highest BCUT2D eigenvalue weighted by Crippen LogP contribution is 2.41. The SMILES string of the molecule is O=C(C[C@@H](C(=O)N1CCC[C@H]1c1nc(-c2ccc(-c3ccc(-c4cnc([C@@H]5CCCN5C(=O)[C@H](NC(=O)C5CC5)c5ccccc5)[nH]4)cc3)cc2)cs1)c1ccccc1)C1CC1. The van der Waals surface area contributed by atoms with Crippen LogP contribution in [0.15, 0.2) is 121 Å². The number of aromatic amines is 1. The number of carbonyl (C=O) groups excluding carboxylic acids is 4. The molecular weight excluding hydrogens is 793 g/mol. The van der Waals surface area contributed by atoms with Crippen molar-refractivity contribution in [3.05, 3.63) is 143 Å². The van der Waals surface area contributed by atoms with Gasteiger partial charge in [-0.05, 0) is 79.2 Å². The quantitative estimate of drug-likeness (QED) is 0.112. The molecule has 4 atom stereocenters. The first-order chi connectivity index (χ1) is 30.4. The number of likely N-dealkylation sites (tertiary alicyclic amines) is 2. The van der Waals surface area contributed by atoms with Gasteiger partial charge in [-0.1, -0.05) is 109 Å². The Morgan fingerprint density at radius 3 is 1.89 bits per heavy atom. The number of carbonyl (C=O) groups is 4. The minimum atomic E-state index is -0.728. The number of benzene rings is 4. The monoisotopic (exact) mass is 842 g/mol. The van der Waals surface area contributed by atoms with Crippen LogP contribution in [0.1, 0.15) is 104 Å². The summed E-state index contributed by atoms with van der Waals surface area (Å²) in [7, 11) is 0. The molecule has 11 heteroatoms. The number of nitrogens with one attached hydrogen (secondary N) is 2. The Hall–Kier alpha value is -6.20. The van der Waals surface area contributed by atoms with Crippen molar-refractivity contribution in [1.29, 1.82) is 0 Å². The Bertz CT molecular complexity index is 2380. The minimum absolute atomic E-state index is 0.00383. The summed E-state index contributed by atoms with van der Waals surface area (Å²) in [6.45, 7) is 1.28. The molecule has 2 saturated heterocycles. The molecule has 2 aromatic heterocycles. The molecule has 10 nitrogen and oxygen atoms in total. The summed E-state index contributed by atoms with van der Waals surface area (Å²) in [6, 6.07) is 35.1. The number of ketones is 1. The summed E-state index contributed by atoms with van der Waals surface area (Å²) < 4.78 is 0. The van der Waals surface area contributed by atoms with E-state index in [1.54, 1.807) is 11.3 Å². The van der Waals surface area contributed by atoms with E-state index in [9.17, 15) is 19.2 Å². The molecule has 10 rings (SSSR count). The van der Waals surface area contributed by atoms with E-state index in [1.165, 1.54) is 0 Å². The molecule has 0 radical (unpaired) electrons. The van der Waals surface area contributed by atoms with Crippen molar-refractivity contribution in [3.63, 3.8) is 0 Å². The Morgan fingerprint density at radius 1 is 0.661 bits per heavy atom. The third kappa shape index (κ3) is 8.38. The average molecular weight is 843 g/mol. The van der Waals surface area contributed by atoms with Crippen molar-refractivity contribution >= 4 is 34.8 Å².